The van der Waals surface area contributed by atoms with Gasteiger partial charge in [0, 0.05) is 29.6 Å². The number of amides is 1. The number of benzene rings is 1. The van der Waals surface area contributed by atoms with Gasteiger partial charge in [0.05, 0.1) is 16.5 Å². The molecule has 0 saturated carbocycles. The van der Waals surface area contributed by atoms with Crippen LogP contribution in [0.5, 0.6) is 0 Å². The average Bonchev–Trinajstić information content (AvgIpc) is 3.00. The lowest BCUT2D eigenvalue weighted by Gasteiger charge is -2.26. The molecule has 2 aromatic rings. The number of aromatic nitrogens is 2. The minimum atomic E-state index is -4.09. The van der Waals surface area contributed by atoms with Gasteiger partial charge >= 0.3 is 0 Å². The fourth-order valence-corrected chi connectivity index (χ4v) is 6.07. The Balaban J connectivity index is 1.72. The largest absolute Gasteiger partial charge is 0.342 e. The van der Waals surface area contributed by atoms with Gasteiger partial charge in [0.2, 0.25) is 11.0 Å². The van der Waals surface area contributed by atoms with Crippen molar-refractivity contribution < 1.29 is 13.2 Å². The second kappa shape index (κ2) is 8.48. The van der Waals surface area contributed by atoms with Crippen LogP contribution in [0.25, 0.3) is 0 Å². The van der Waals surface area contributed by atoms with Crippen LogP contribution in [0, 0.1) is 0 Å². The fourth-order valence-electron chi connectivity index (χ4n) is 2.71. The zero-order chi connectivity index (χ0) is 19.6. The lowest BCUT2D eigenvalue weighted by atomic mass is 10.1. The molecular formula is C15H15Cl3N4O3S2. The van der Waals surface area contributed by atoms with Gasteiger partial charge in [0.15, 0.2) is 5.82 Å². The van der Waals surface area contributed by atoms with E-state index in [1.807, 2.05) is 0 Å². The van der Waals surface area contributed by atoms with E-state index in [1.165, 1.54) is 12.1 Å². The van der Waals surface area contributed by atoms with Gasteiger partial charge in [-0.3, -0.25) is 9.52 Å². The van der Waals surface area contributed by atoms with E-state index >= 15 is 0 Å². The maximum absolute atomic E-state index is 12.6. The van der Waals surface area contributed by atoms with Crippen molar-refractivity contribution in [1.82, 2.24) is 14.3 Å². The number of anilines is 1. The third-order valence-corrected chi connectivity index (χ3v) is 7.22. The molecule has 1 aromatic heterocycles. The van der Waals surface area contributed by atoms with Gasteiger partial charge in [0.1, 0.15) is 4.90 Å². The Morgan fingerprint density at radius 3 is 2.41 bits per heavy atom. The molecule has 12 heteroatoms. The predicted molar refractivity (Wildman–Crippen MR) is 106 cm³/mol. The summed E-state index contributed by atoms with van der Waals surface area (Å²) in [6, 6.07) is 2.57. The van der Waals surface area contributed by atoms with E-state index in [1.54, 1.807) is 4.90 Å². The van der Waals surface area contributed by atoms with E-state index in [0.29, 0.717) is 0 Å². The van der Waals surface area contributed by atoms with Crippen molar-refractivity contribution in [2.45, 2.75) is 30.6 Å². The second-order valence-electron chi connectivity index (χ2n) is 5.94. The fraction of sp³-hybridized carbons (Fsp3) is 0.400. The molecule has 146 valence electrons. The van der Waals surface area contributed by atoms with Crippen molar-refractivity contribution in [3.05, 3.63) is 33.0 Å². The summed E-state index contributed by atoms with van der Waals surface area (Å²) in [6.07, 6.45) is 3.13. The van der Waals surface area contributed by atoms with Crippen LogP contribution in [-0.4, -0.2) is 41.7 Å². The van der Waals surface area contributed by atoms with Gasteiger partial charge in [0.25, 0.3) is 10.0 Å². The van der Waals surface area contributed by atoms with E-state index in [9.17, 15) is 13.2 Å². The van der Waals surface area contributed by atoms with Crippen molar-refractivity contribution in [2.24, 2.45) is 0 Å². The number of sulfonamides is 1. The van der Waals surface area contributed by atoms with Crippen molar-refractivity contribution >= 4 is 67.4 Å². The first-order chi connectivity index (χ1) is 12.8. The monoisotopic (exact) mass is 468 g/mol. The number of carbonyl (C=O) groups is 1. The summed E-state index contributed by atoms with van der Waals surface area (Å²) in [7, 11) is -4.09. The highest BCUT2D eigenvalue weighted by molar-refractivity contribution is 7.93. The average molecular weight is 470 g/mol. The summed E-state index contributed by atoms with van der Waals surface area (Å²) < 4.78 is 31.5. The van der Waals surface area contributed by atoms with Crippen LogP contribution >= 0.6 is 46.3 Å². The van der Waals surface area contributed by atoms with Gasteiger partial charge < -0.3 is 4.90 Å². The van der Waals surface area contributed by atoms with E-state index in [0.717, 1.165) is 43.9 Å². The smallest absolute Gasteiger partial charge is 0.266 e. The predicted octanol–water partition coefficient (Wildman–Crippen LogP) is 3.85. The Labute approximate surface area is 175 Å². The Hall–Kier alpha value is -1.13. The molecule has 0 atom stereocenters. The Kier molecular flexibility index (Phi) is 6.47. The molecular weight excluding hydrogens is 455 g/mol. The Morgan fingerprint density at radius 2 is 1.78 bits per heavy atom. The number of halogens is 3. The number of nitrogens with one attached hydrogen (secondary N) is 1. The van der Waals surface area contributed by atoms with Crippen LogP contribution < -0.4 is 4.72 Å². The molecule has 1 fully saturated rings. The Bertz CT molecular complexity index is 936. The number of piperidine rings is 1. The molecule has 1 N–H and O–H groups in total. The number of nitrogens with zero attached hydrogens (tertiary/aromatic N) is 3. The van der Waals surface area contributed by atoms with Gasteiger partial charge in [-0.25, -0.2) is 13.4 Å². The van der Waals surface area contributed by atoms with Crippen molar-refractivity contribution in [2.75, 3.05) is 17.8 Å². The molecule has 1 aliphatic heterocycles. The van der Waals surface area contributed by atoms with E-state index in [-0.39, 0.29) is 43.2 Å². The summed E-state index contributed by atoms with van der Waals surface area (Å²) in [5.74, 6) is 0.201. The third-order valence-electron chi connectivity index (χ3n) is 3.94. The molecule has 0 spiro atoms. The summed E-state index contributed by atoms with van der Waals surface area (Å²) in [5.41, 5.74) is 0. The van der Waals surface area contributed by atoms with Crippen LogP contribution in [0.3, 0.4) is 0 Å². The summed E-state index contributed by atoms with van der Waals surface area (Å²) in [6.45, 7) is 1.46. The number of hydrogen-bond donors (Lipinski definition) is 1. The second-order valence-corrected chi connectivity index (χ2v) is 9.56. The number of carbonyl (C=O) groups excluding carboxylic acids is 1. The molecule has 0 radical (unpaired) electrons. The zero-order valence-electron chi connectivity index (χ0n) is 13.9. The van der Waals surface area contributed by atoms with Crippen molar-refractivity contribution in [1.29, 1.82) is 0 Å². The van der Waals surface area contributed by atoms with Crippen LogP contribution in [-0.2, 0) is 21.2 Å². The maximum atomic E-state index is 12.6. The Morgan fingerprint density at radius 1 is 1.15 bits per heavy atom. The first-order valence-electron chi connectivity index (χ1n) is 8.04. The summed E-state index contributed by atoms with van der Waals surface area (Å²) >= 11 is 18.6. The molecule has 7 nitrogen and oxygen atoms in total. The molecule has 2 heterocycles. The molecule has 0 aliphatic carbocycles. The topological polar surface area (TPSA) is 92.3 Å². The van der Waals surface area contributed by atoms with Gasteiger partial charge in [-0.2, -0.15) is 4.37 Å². The molecule has 1 aliphatic rings. The number of hydrogen-bond acceptors (Lipinski definition) is 6. The highest BCUT2D eigenvalue weighted by atomic mass is 35.5. The first-order valence-corrected chi connectivity index (χ1v) is 11.4. The molecule has 0 bridgehead atoms. The lowest BCUT2D eigenvalue weighted by Crippen LogP contribution is -2.36. The molecule has 27 heavy (non-hydrogen) atoms. The summed E-state index contributed by atoms with van der Waals surface area (Å²) in [5, 5.41) is 0.0342. The minimum absolute atomic E-state index is 0.0264. The van der Waals surface area contributed by atoms with Gasteiger partial charge in [-0.15, -0.1) is 0 Å². The lowest BCUT2D eigenvalue weighted by molar-refractivity contribution is -0.131. The summed E-state index contributed by atoms with van der Waals surface area (Å²) in [4.78, 5) is 17.8. The normalized spacial score (nSPS) is 15.0. The standard InChI is InChI=1S/C15H15Cl3N4O3S2/c16-9-6-10(17)14(11(18)7-9)27(24,25)21-15-19-12(20-26-15)8-13(23)22-4-2-1-3-5-22/h6-7H,1-5,8H2,(H,19,20,21). The van der Waals surface area contributed by atoms with E-state index in [2.05, 4.69) is 14.1 Å². The SMILES string of the molecule is O=C(Cc1nsc(NS(=O)(=O)c2c(Cl)cc(Cl)cc2Cl)n1)N1CCCCC1. The highest BCUT2D eigenvalue weighted by Gasteiger charge is 2.25. The quantitative estimate of drug-likeness (QED) is 0.718. The van der Waals surface area contributed by atoms with Crippen molar-refractivity contribution in [3.8, 4) is 0 Å². The number of likely N-dealkylation sites (tertiary alicyclic amines) is 1. The van der Waals surface area contributed by atoms with Gasteiger partial charge in [-0.1, -0.05) is 34.8 Å². The number of rotatable bonds is 5. The van der Waals surface area contributed by atoms with Crippen molar-refractivity contribution in [3.63, 3.8) is 0 Å². The molecule has 1 amide bonds. The molecule has 1 saturated heterocycles. The third kappa shape index (κ3) is 5.03. The van der Waals surface area contributed by atoms with Gasteiger partial charge in [-0.05, 0) is 31.4 Å². The minimum Gasteiger partial charge on any atom is -0.342 e. The zero-order valence-corrected chi connectivity index (χ0v) is 17.8. The van der Waals surface area contributed by atoms with Crippen LogP contribution in [0.2, 0.25) is 15.1 Å². The maximum Gasteiger partial charge on any atom is 0.266 e. The van der Waals surface area contributed by atoms with Crippen LogP contribution in [0.15, 0.2) is 17.0 Å². The molecule has 1 aromatic carbocycles. The van der Waals surface area contributed by atoms with Crippen LogP contribution in [0.1, 0.15) is 25.1 Å². The van der Waals surface area contributed by atoms with E-state index < -0.39 is 10.0 Å². The molecule has 3 rings (SSSR count). The van der Waals surface area contributed by atoms with E-state index in [4.69, 9.17) is 34.8 Å². The van der Waals surface area contributed by atoms with Crippen LogP contribution in [0.4, 0.5) is 5.13 Å². The first kappa shape index (κ1) is 20.6. The highest BCUT2D eigenvalue weighted by Crippen LogP contribution is 2.34. The molecule has 0 unspecified atom stereocenters.